The van der Waals surface area contributed by atoms with E-state index in [1.165, 1.54) is 60.8 Å². The molecule has 3 nitrogen and oxygen atoms in total. The van der Waals surface area contributed by atoms with E-state index in [-0.39, 0.29) is 0 Å². The minimum atomic E-state index is 0.640. The van der Waals surface area contributed by atoms with E-state index >= 15 is 0 Å². The Hall–Kier alpha value is -0.610. The number of nitrogens with one attached hydrogen (secondary N) is 1. The molecule has 1 aromatic rings. The fourth-order valence-electron chi connectivity index (χ4n) is 3.41. The van der Waals surface area contributed by atoms with Crippen molar-refractivity contribution in [1.29, 1.82) is 0 Å². The lowest BCUT2D eigenvalue weighted by Gasteiger charge is -2.37. The summed E-state index contributed by atoms with van der Waals surface area (Å²) in [6.07, 6.45) is 8.13. The summed E-state index contributed by atoms with van der Waals surface area (Å²) in [5, 5.41) is 4.98. The van der Waals surface area contributed by atoms with E-state index in [2.05, 4.69) is 24.1 Å². The summed E-state index contributed by atoms with van der Waals surface area (Å²) in [7, 11) is 0. The standard InChI is InChI=1S/C17H27N3S/c1-11-4-3-9-20(12(11)2)17-19-16(13-5-6-13)15(21-17)10-18-14-7-8-14/h11-14,18H,3-10H2,1-2H3. The Kier molecular flexibility index (Phi) is 3.70. The van der Waals surface area contributed by atoms with Gasteiger partial charge in [0.05, 0.1) is 5.69 Å². The van der Waals surface area contributed by atoms with Gasteiger partial charge in [-0.15, -0.1) is 11.3 Å². The molecule has 2 heterocycles. The Labute approximate surface area is 132 Å². The van der Waals surface area contributed by atoms with E-state index in [0.29, 0.717) is 6.04 Å². The van der Waals surface area contributed by atoms with Gasteiger partial charge in [-0.05, 0) is 51.4 Å². The van der Waals surface area contributed by atoms with Crippen molar-refractivity contribution in [2.45, 2.75) is 76.9 Å². The van der Waals surface area contributed by atoms with Crippen LogP contribution in [0.2, 0.25) is 0 Å². The van der Waals surface area contributed by atoms with Crippen LogP contribution >= 0.6 is 11.3 Å². The first-order valence-electron chi connectivity index (χ1n) is 8.72. The Balaban J connectivity index is 1.54. The van der Waals surface area contributed by atoms with Crippen molar-refractivity contribution in [1.82, 2.24) is 10.3 Å². The second-order valence-electron chi connectivity index (χ2n) is 7.29. The molecule has 4 rings (SSSR count). The van der Waals surface area contributed by atoms with Crippen LogP contribution in [-0.4, -0.2) is 23.6 Å². The zero-order valence-corrected chi connectivity index (χ0v) is 14.1. The third kappa shape index (κ3) is 2.98. The average molecular weight is 305 g/mol. The van der Waals surface area contributed by atoms with Crippen molar-refractivity contribution >= 4 is 16.5 Å². The van der Waals surface area contributed by atoms with Crippen LogP contribution in [0.1, 0.15) is 68.9 Å². The Bertz CT molecular complexity index is 504. The summed E-state index contributed by atoms with van der Waals surface area (Å²) < 4.78 is 0. The van der Waals surface area contributed by atoms with Crippen LogP contribution in [0, 0.1) is 5.92 Å². The van der Waals surface area contributed by atoms with Crippen molar-refractivity contribution in [2.75, 3.05) is 11.4 Å². The Morgan fingerprint density at radius 3 is 2.71 bits per heavy atom. The van der Waals surface area contributed by atoms with E-state index < -0.39 is 0 Å². The molecule has 1 aliphatic heterocycles. The molecule has 0 amide bonds. The number of rotatable bonds is 5. The molecule has 2 unspecified atom stereocenters. The van der Waals surface area contributed by atoms with E-state index in [4.69, 9.17) is 4.98 Å². The van der Waals surface area contributed by atoms with Gasteiger partial charge in [-0.2, -0.15) is 0 Å². The van der Waals surface area contributed by atoms with Crippen LogP contribution in [0.5, 0.6) is 0 Å². The molecule has 2 saturated carbocycles. The van der Waals surface area contributed by atoms with E-state index in [0.717, 1.165) is 24.4 Å². The summed E-state index contributed by atoms with van der Waals surface area (Å²) in [4.78, 5) is 9.18. The topological polar surface area (TPSA) is 28.2 Å². The molecule has 1 saturated heterocycles. The summed E-state index contributed by atoms with van der Waals surface area (Å²) in [5.41, 5.74) is 1.42. The first-order chi connectivity index (χ1) is 10.2. The molecule has 2 aliphatic carbocycles. The first kappa shape index (κ1) is 14.0. The Morgan fingerprint density at radius 2 is 2.00 bits per heavy atom. The highest BCUT2D eigenvalue weighted by atomic mass is 32.1. The summed E-state index contributed by atoms with van der Waals surface area (Å²) in [6.45, 7) is 7.01. The first-order valence-corrected chi connectivity index (χ1v) is 9.53. The monoisotopic (exact) mass is 305 g/mol. The van der Waals surface area contributed by atoms with Gasteiger partial charge in [0.1, 0.15) is 0 Å². The van der Waals surface area contributed by atoms with E-state index in [1.807, 2.05) is 11.3 Å². The fraction of sp³-hybridized carbons (Fsp3) is 0.824. The number of anilines is 1. The molecule has 0 radical (unpaired) electrons. The Morgan fingerprint density at radius 1 is 1.19 bits per heavy atom. The van der Waals surface area contributed by atoms with Crippen LogP contribution < -0.4 is 10.2 Å². The summed E-state index contributed by atoms with van der Waals surface area (Å²) in [5.74, 6) is 1.56. The van der Waals surface area contributed by atoms with Gasteiger partial charge in [0.25, 0.3) is 0 Å². The molecule has 0 bridgehead atoms. The second-order valence-corrected chi connectivity index (χ2v) is 8.35. The largest absolute Gasteiger partial charge is 0.345 e. The molecule has 2 atom stereocenters. The van der Waals surface area contributed by atoms with Gasteiger partial charge >= 0.3 is 0 Å². The average Bonchev–Trinajstić information content (AvgIpc) is 3.39. The molecule has 21 heavy (non-hydrogen) atoms. The molecule has 3 fully saturated rings. The number of hydrogen-bond acceptors (Lipinski definition) is 4. The van der Waals surface area contributed by atoms with Gasteiger partial charge in [0.2, 0.25) is 0 Å². The third-order valence-corrected chi connectivity index (χ3v) is 6.54. The second kappa shape index (κ2) is 5.54. The zero-order chi connectivity index (χ0) is 14.4. The molecule has 116 valence electrons. The van der Waals surface area contributed by atoms with Gasteiger partial charge < -0.3 is 10.2 Å². The lowest BCUT2D eigenvalue weighted by molar-refractivity contribution is 0.363. The molecular weight excluding hydrogens is 278 g/mol. The zero-order valence-electron chi connectivity index (χ0n) is 13.3. The molecule has 4 heteroatoms. The molecule has 3 aliphatic rings. The van der Waals surface area contributed by atoms with Crippen molar-refractivity contribution in [3.8, 4) is 0 Å². The smallest absolute Gasteiger partial charge is 0.186 e. The quantitative estimate of drug-likeness (QED) is 0.894. The number of piperidine rings is 1. The van der Waals surface area contributed by atoms with Crippen molar-refractivity contribution in [3.05, 3.63) is 10.6 Å². The highest BCUT2D eigenvalue weighted by Crippen LogP contribution is 2.45. The number of aromatic nitrogens is 1. The molecular formula is C17H27N3S. The van der Waals surface area contributed by atoms with Crippen molar-refractivity contribution in [2.24, 2.45) is 5.92 Å². The van der Waals surface area contributed by atoms with Crippen LogP contribution in [0.15, 0.2) is 0 Å². The summed E-state index contributed by atoms with van der Waals surface area (Å²) in [6, 6.07) is 1.43. The fourth-order valence-corrected chi connectivity index (χ4v) is 4.62. The predicted molar refractivity (Wildman–Crippen MR) is 89.2 cm³/mol. The van der Waals surface area contributed by atoms with Crippen molar-refractivity contribution in [3.63, 3.8) is 0 Å². The third-order valence-electron chi connectivity index (χ3n) is 5.43. The maximum absolute atomic E-state index is 5.08. The van der Waals surface area contributed by atoms with Gasteiger partial charge in [-0.3, -0.25) is 0 Å². The lowest BCUT2D eigenvalue weighted by atomic mass is 9.93. The van der Waals surface area contributed by atoms with Gasteiger partial charge in [0, 0.05) is 36.0 Å². The predicted octanol–water partition coefficient (Wildman–Crippen LogP) is 3.90. The molecule has 1 N–H and O–H groups in total. The molecule has 0 aromatic carbocycles. The van der Waals surface area contributed by atoms with E-state index in [1.54, 1.807) is 0 Å². The van der Waals surface area contributed by atoms with Crippen LogP contribution in [0.25, 0.3) is 0 Å². The summed E-state index contributed by atoms with van der Waals surface area (Å²) >= 11 is 1.96. The van der Waals surface area contributed by atoms with Gasteiger partial charge in [0.15, 0.2) is 5.13 Å². The van der Waals surface area contributed by atoms with Crippen LogP contribution in [-0.2, 0) is 6.54 Å². The minimum absolute atomic E-state index is 0.640. The maximum atomic E-state index is 5.08. The normalized spacial score (nSPS) is 29.9. The minimum Gasteiger partial charge on any atom is -0.345 e. The molecule has 1 aromatic heterocycles. The van der Waals surface area contributed by atoms with E-state index in [9.17, 15) is 0 Å². The van der Waals surface area contributed by atoms with Crippen LogP contribution in [0.3, 0.4) is 0 Å². The highest BCUT2D eigenvalue weighted by Gasteiger charge is 2.33. The highest BCUT2D eigenvalue weighted by molar-refractivity contribution is 7.15. The van der Waals surface area contributed by atoms with Gasteiger partial charge in [-0.1, -0.05) is 6.92 Å². The lowest BCUT2D eigenvalue weighted by Crippen LogP contribution is -2.42. The van der Waals surface area contributed by atoms with Crippen LogP contribution in [0.4, 0.5) is 5.13 Å². The van der Waals surface area contributed by atoms with Crippen molar-refractivity contribution < 1.29 is 0 Å². The maximum Gasteiger partial charge on any atom is 0.186 e. The number of hydrogen-bond donors (Lipinski definition) is 1. The SMILES string of the molecule is CC1CCCN(c2nc(C3CC3)c(CNC3CC3)s2)C1C. The van der Waals surface area contributed by atoms with Gasteiger partial charge in [-0.25, -0.2) is 4.98 Å². The molecule has 0 spiro atoms. The number of nitrogens with zero attached hydrogens (tertiary/aromatic N) is 2. The number of thiazole rings is 1.